The van der Waals surface area contributed by atoms with Gasteiger partial charge in [0.15, 0.2) is 0 Å². The summed E-state index contributed by atoms with van der Waals surface area (Å²) >= 11 is 0. The third-order valence-electron chi connectivity index (χ3n) is 4.32. The number of hydrogen-bond acceptors (Lipinski definition) is 3. The number of sulfonamides is 1. The van der Waals surface area contributed by atoms with Gasteiger partial charge in [-0.2, -0.15) is 0 Å². The fraction of sp³-hybridized carbons (Fsp3) is 0.625. The largest absolute Gasteiger partial charge is 0.392 e. The van der Waals surface area contributed by atoms with Crippen LogP contribution >= 0.6 is 0 Å². The Labute approximate surface area is 127 Å². The molecule has 1 fully saturated rings. The van der Waals surface area contributed by atoms with Gasteiger partial charge >= 0.3 is 0 Å². The zero-order valence-electron chi connectivity index (χ0n) is 12.6. The Bertz CT molecular complexity index is 556. The Morgan fingerprint density at radius 2 is 2.05 bits per heavy atom. The molecule has 0 bridgehead atoms. The molecule has 0 aromatic heterocycles. The molecule has 1 saturated carbocycles. The maximum absolute atomic E-state index is 12.3. The van der Waals surface area contributed by atoms with Crippen LogP contribution in [0, 0.1) is 11.8 Å². The molecule has 2 rings (SSSR count). The van der Waals surface area contributed by atoms with Gasteiger partial charge in [0, 0.05) is 6.54 Å². The van der Waals surface area contributed by atoms with E-state index < -0.39 is 10.0 Å². The maximum Gasteiger partial charge on any atom is 0.240 e. The molecule has 21 heavy (non-hydrogen) atoms. The topological polar surface area (TPSA) is 66.4 Å². The number of hydrogen-bond donors (Lipinski definition) is 2. The molecule has 2 N–H and O–H groups in total. The molecule has 1 aromatic carbocycles. The molecule has 0 spiro atoms. The van der Waals surface area contributed by atoms with Crippen molar-refractivity contribution in [3.05, 3.63) is 29.8 Å². The summed E-state index contributed by atoms with van der Waals surface area (Å²) in [5, 5.41) is 9.25. The lowest BCUT2D eigenvalue weighted by Crippen LogP contribution is -2.28. The second kappa shape index (κ2) is 7.38. The van der Waals surface area contributed by atoms with Crippen molar-refractivity contribution in [3.63, 3.8) is 0 Å². The van der Waals surface area contributed by atoms with Crippen LogP contribution in [0.1, 0.15) is 44.6 Å². The van der Waals surface area contributed by atoms with E-state index >= 15 is 0 Å². The van der Waals surface area contributed by atoms with Gasteiger partial charge in [0.2, 0.25) is 10.0 Å². The van der Waals surface area contributed by atoms with Crippen molar-refractivity contribution >= 4 is 10.0 Å². The van der Waals surface area contributed by atoms with Crippen molar-refractivity contribution in [3.8, 4) is 0 Å². The zero-order valence-corrected chi connectivity index (χ0v) is 13.4. The molecule has 0 saturated heterocycles. The molecular formula is C16H25NO3S. The van der Waals surface area contributed by atoms with Crippen molar-refractivity contribution < 1.29 is 13.5 Å². The molecule has 4 nitrogen and oxygen atoms in total. The van der Waals surface area contributed by atoms with Gasteiger partial charge in [0.05, 0.1) is 11.5 Å². The van der Waals surface area contributed by atoms with Gasteiger partial charge in [-0.05, 0) is 36.3 Å². The van der Waals surface area contributed by atoms with E-state index in [0.29, 0.717) is 18.0 Å². The van der Waals surface area contributed by atoms with Crippen molar-refractivity contribution in [2.75, 3.05) is 6.54 Å². The highest BCUT2D eigenvalue weighted by Crippen LogP contribution is 2.30. The van der Waals surface area contributed by atoms with Crippen LogP contribution in [0.3, 0.4) is 0 Å². The van der Waals surface area contributed by atoms with Gasteiger partial charge in [0.1, 0.15) is 0 Å². The lowest BCUT2D eigenvalue weighted by Gasteiger charge is -2.26. The van der Waals surface area contributed by atoms with Crippen LogP contribution in [0.2, 0.25) is 0 Å². The van der Waals surface area contributed by atoms with E-state index in [1.165, 1.54) is 31.7 Å². The van der Waals surface area contributed by atoms with Gasteiger partial charge in [-0.25, -0.2) is 13.1 Å². The van der Waals surface area contributed by atoms with Crippen LogP contribution in [0.4, 0.5) is 0 Å². The van der Waals surface area contributed by atoms with E-state index in [-0.39, 0.29) is 11.5 Å². The third-order valence-corrected chi connectivity index (χ3v) is 5.88. The van der Waals surface area contributed by atoms with Crippen LogP contribution in [-0.4, -0.2) is 20.1 Å². The van der Waals surface area contributed by atoms with E-state index in [1.807, 2.05) is 0 Å². The summed E-state index contributed by atoms with van der Waals surface area (Å²) in [6.45, 7) is 2.48. The summed E-state index contributed by atoms with van der Waals surface area (Å²) in [6.07, 6.45) is 5.86. The minimum absolute atomic E-state index is 0.185. The summed E-state index contributed by atoms with van der Waals surface area (Å²) in [5.41, 5.74) is 0.441. The lowest BCUT2D eigenvalue weighted by atomic mass is 9.81. The third kappa shape index (κ3) is 4.53. The average molecular weight is 311 g/mol. The smallest absolute Gasteiger partial charge is 0.240 e. The minimum atomic E-state index is -3.53. The molecule has 0 radical (unpaired) electrons. The van der Waals surface area contributed by atoms with E-state index in [9.17, 15) is 13.5 Å². The van der Waals surface area contributed by atoms with Gasteiger partial charge < -0.3 is 5.11 Å². The van der Waals surface area contributed by atoms with Crippen LogP contribution in [0.25, 0.3) is 0 Å². The van der Waals surface area contributed by atoms with Gasteiger partial charge in [0.25, 0.3) is 0 Å². The number of aliphatic hydroxyl groups is 1. The molecule has 118 valence electrons. The summed E-state index contributed by atoms with van der Waals surface area (Å²) in [6, 6.07) is 6.58. The second-order valence-electron chi connectivity index (χ2n) is 6.09. The second-order valence-corrected chi connectivity index (χ2v) is 7.83. The average Bonchev–Trinajstić information content (AvgIpc) is 2.47. The van der Waals surface area contributed by atoms with Crippen LogP contribution in [0.15, 0.2) is 29.2 Å². The predicted octanol–water partition coefficient (Wildman–Crippen LogP) is 2.67. The predicted molar refractivity (Wildman–Crippen MR) is 83.3 cm³/mol. The maximum atomic E-state index is 12.3. The fourth-order valence-electron chi connectivity index (χ4n) is 3.19. The van der Waals surface area contributed by atoms with Crippen LogP contribution < -0.4 is 4.72 Å². The Hall–Kier alpha value is -0.910. The van der Waals surface area contributed by atoms with Gasteiger partial charge in [-0.3, -0.25) is 0 Å². The highest BCUT2D eigenvalue weighted by molar-refractivity contribution is 7.89. The van der Waals surface area contributed by atoms with Crippen molar-refractivity contribution in [1.82, 2.24) is 4.72 Å². The summed E-state index contributed by atoms with van der Waals surface area (Å²) < 4.78 is 27.3. The number of rotatable bonds is 6. The first-order valence-electron chi connectivity index (χ1n) is 7.71. The Morgan fingerprint density at radius 3 is 2.76 bits per heavy atom. The molecule has 0 aliphatic heterocycles. The zero-order chi connectivity index (χ0) is 15.3. The molecule has 1 aromatic rings. The number of benzene rings is 1. The number of nitrogens with one attached hydrogen (secondary N) is 1. The Kier molecular flexibility index (Phi) is 5.79. The molecule has 1 aliphatic rings. The van der Waals surface area contributed by atoms with Gasteiger partial charge in [-0.1, -0.05) is 44.4 Å². The first-order chi connectivity index (χ1) is 10.0. The first-order valence-corrected chi connectivity index (χ1v) is 9.19. The SMILES string of the molecule is CC1CCCC(CCNS(=O)(=O)c2ccccc2CO)C1. The van der Waals surface area contributed by atoms with Crippen molar-refractivity contribution in [1.29, 1.82) is 0 Å². The molecule has 0 heterocycles. The summed E-state index contributed by atoms with van der Waals surface area (Å²) in [4.78, 5) is 0.185. The molecule has 5 heteroatoms. The molecular weight excluding hydrogens is 286 g/mol. The van der Waals surface area contributed by atoms with E-state index in [4.69, 9.17) is 0 Å². The molecule has 2 atom stereocenters. The van der Waals surface area contributed by atoms with E-state index in [2.05, 4.69) is 11.6 Å². The Balaban J connectivity index is 1.92. The molecule has 2 unspecified atom stereocenters. The quantitative estimate of drug-likeness (QED) is 0.849. The fourth-order valence-corrected chi connectivity index (χ4v) is 4.47. The molecule has 0 amide bonds. The highest BCUT2D eigenvalue weighted by atomic mass is 32.2. The van der Waals surface area contributed by atoms with Crippen molar-refractivity contribution in [2.45, 2.75) is 50.5 Å². The number of aliphatic hydroxyl groups excluding tert-OH is 1. The first kappa shape index (κ1) is 16.5. The minimum Gasteiger partial charge on any atom is -0.392 e. The Morgan fingerprint density at radius 1 is 1.29 bits per heavy atom. The van der Waals surface area contributed by atoms with Crippen LogP contribution in [0.5, 0.6) is 0 Å². The summed E-state index contributed by atoms with van der Waals surface area (Å²) in [5.74, 6) is 1.39. The highest BCUT2D eigenvalue weighted by Gasteiger charge is 2.21. The lowest BCUT2D eigenvalue weighted by molar-refractivity contribution is 0.270. The van der Waals surface area contributed by atoms with Gasteiger partial charge in [-0.15, -0.1) is 0 Å². The van der Waals surface area contributed by atoms with E-state index in [1.54, 1.807) is 18.2 Å². The summed E-state index contributed by atoms with van der Waals surface area (Å²) in [7, 11) is -3.53. The van der Waals surface area contributed by atoms with E-state index in [0.717, 1.165) is 12.3 Å². The van der Waals surface area contributed by atoms with Crippen LogP contribution in [-0.2, 0) is 16.6 Å². The van der Waals surface area contributed by atoms with Crippen molar-refractivity contribution in [2.24, 2.45) is 11.8 Å². The molecule has 1 aliphatic carbocycles. The standard InChI is InChI=1S/C16H25NO3S/c1-13-5-4-6-14(11-13)9-10-17-21(19,20)16-8-3-2-7-15(16)12-18/h2-3,7-8,13-14,17-18H,4-6,9-12H2,1H3. The normalized spacial score (nSPS) is 23.1. The monoisotopic (exact) mass is 311 g/mol.